The summed E-state index contributed by atoms with van der Waals surface area (Å²) in [5.41, 5.74) is 0. The molecule has 0 rings (SSSR count). The van der Waals surface area contributed by atoms with Crippen LogP contribution in [0.5, 0.6) is 0 Å². The lowest BCUT2D eigenvalue weighted by molar-refractivity contribution is -0.131. The van der Waals surface area contributed by atoms with Gasteiger partial charge < -0.3 is 20.6 Å². The van der Waals surface area contributed by atoms with E-state index < -0.39 is 24.2 Å². The minimum atomic E-state index is -1.11. The first-order chi connectivity index (χ1) is 20.6. The number of hydrogen-bond donors (Lipinski definition) is 4. The van der Waals surface area contributed by atoms with Crippen molar-refractivity contribution in [1.82, 2.24) is 5.32 Å². The molecule has 5 heteroatoms. The van der Waals surface area contributed by atoms with Gasteiger partial charge in [0.2, 0.25) is 5.91 Å². The molecule has 0 heterocycles. The van der Waals surface area contributed by atoms with Crippen molar-refractivity contribution in [3.63, 3.8) is 0 Å². The lowest BCUT2D eigenvalue weighted by Crippen LogP contribution is -2.48. The largest absolute Gasteiger partial charge is 0.394 e. The van der Waals surface area contributed by atoms with Gasteiger partial charge in [-0.1, -0.05) is 147 Å². The lowest BCUT2D eigenvalue weighted by Gasteiger charge is -2.21. The van der Waals surface area contributed by atoms with Gasteiger partial charge in [0, 0.05) is 0 Å². The van der Waals surface area contributed by atoms with E-state index in [2.05, 4.69) is 43.5 Å². The summed E-state index contributed by atoms with van der Waals surface area (Å²) in [6.45, 7) is 4.12. The van der Waals surface area contributed by atoms with E-state index >= 15 is 0 Å². The van der Waals surface area contributed by atoms with Gasteiger partial charge in [-0.3, -0.25) is 4.79 Å². The summed E-state index contributed by atoms with van der Waals surface area (Å²) in [7, 11) is 0. The Morgan fingerprint density at radius 2 is 0.976 bits per heavy atom. The number of allylic oxidation sites excluding steroid dienone is 5. The third-order valence-electron chi connectivity index (χ3n) is 7.95. The molecule has 0 bridgehead atoms. The second-order valence-electron chi connectivity index (χ2n) is 12.1. The van der Waals surface area contributed by atoms with E-state index in [9.17, 15) is 20.1 Å². The van der Waals surface area contributed by atoms with Crippen LogP contribution in [-0.2, 0) is 4.79 Å². The number of unbranched alkanes of at least 4 members (excludes halogenated alkanes) is 19. The fourth-order valence-corrected chi connectivity index (χ4v) is 5.07. The molecule has 0 aromatic carbocycles. The maximum atomic E-state index is 12.4. The number of aliphatic hydroxyl groups excluding tert-OH is 3. The van der Waals surface area contributed by atoms with Gasteiger partial charge in [0.05, 0.1) is 18.8 Å². The Morgan fingerprint density at radius 1 is 0.571 bits per heavy atom. The molecule has 0 radical (unpaired) electrons. The second-order valence-corrected chi connectivity index (χ2v) is 12.1. The Morgan fingerprint density at radius 3 is 1.45 bits per heavy atom. The molecule has 0 saturated heterocycles. The number of hydrogen-bond acceptors (Lipinski definition) is 4. The number of carbonyl (C=O) groups is 1. The minimum Gasteiger partial charge on any atom is -0.394 e. The molecule has 0 aromatic rings. The van der Waals surface area contributed by atoms with Crippen molar-refractivity contribution in [3.05, 3.63) is 36.5 Å². The molecule has 5 nitrogen and oxygen atoms in total. The zero-order valence-corrected chi connectivity index (χ0v) is 27.6. The number of carbonyl (C=O) groups excluding carboxylic acids is 1. The van der Waals surface area contributed by atoms with Crippen molar-refractivity contribution in [2.75, 3.05) is 6.61 Å². The smallest absolute Gasteiger partial charge is 0.249 e. The second kappa shape index (κ2) is 32.5. The van der Waals surface area contributed by atoms with Crippen LogP contribution in [0.3, 0.4) is 0 Å². The van der Waals surface area contributed by atoms with E-state index in [4.69, 9.17) is 0 Å². The predicted molar refractivity (Wildman–Crippen MR) is 181 cm³/mol. The average Bonchev–Trinajstić information content (AvgIpc) is 2.99. The third kappa shape index (κ3) is 27.4. The minimum absolute atomic E-state index is 0.380. The monoisotopic (exact) mass is 592 g/mol. The maximum absolute atomic E-state index is 12.4. The van der Waals surface area contributed by atoms with Crippen molar-refractivity contribution >= 4 is 5.91 Å². The highest BCUT2D eigenvalue weighted by molar-refractivity contribution is 5.80. The van der Waals surface area contributed by atoms with Gasteiger partial charge in [-0.15, -0.1) is 0 Å². The highest BCUT2D eigenvalue weighted by atomic mass is 16.3. The van der Waals surface area contributed by atoms with Gasteiger partial charge in [-0.25, -0.2) is 0 Å². The van der Waals surface area contributed by atoms with E-state index in [1.165, 1.54) is 96.3 Å². The maximum Gasteiger partial charge on any atom is 0.249 e. The Bertz CT molecular complexity index is 660. The van der Waals surface area contributed by atoms with E-state index in [0.29, 0.717) is 6.42 Å². The number of nitrogens with one attached hydrogen (secondary N) is 1. The summed E-state index contributed by atoms with van der Waals surface area (Å²) < 4.78 is 0. The summed E-state index contributed by atoms with van der Waals surface area (Å²) in [5.74, 6) is -0.525. The van der Waals surface area contributed by atoms with Crippen molar-refractivity contribution in [2.45, 2.75) is 186 Å². The Labute approximate surface area is 260 Å². The molecule has 42 heavy (non-hydrogen) atoms. The van der Waals surface area contributed by atoms with Crippen LogP contribution in [0.25, 0.3) is 0 Å². The third-order valence-corrected chi connectivity index (χ3v) is 7.95. The molecular weight excluding hydrogens is 522 g/mol. The number of amides is 1. The molecule has 1 amide bonds. The van der Waals surface area contributed by atoms with Crippen LogP contribution in [0.4, 0.5) is 0 Å². The zero-order valence-electron chi connectivity index (χ0n) is 27.6. The Kier molecular flexibility index (Phi) is 31.4. The summed E-state index contributed by atoms with van der Waals surface area (Å²) in [6, 6.07) is -0.816. The van der Waals surface area contributed by atoms with Crippen molar-refractivity contribution in [1.29, 1.82) is 0 Å². The average molecular weight is 592 g/mol. The van der Waals surface area contributed by atoms with Gasteiger partial charge in [0.25, 0.3) is 0 Å². The van der Waals surface area contributed by atoms with Crippen LogP contribution in [0.15, 0.2) is 36.5 Å². The van der Waals surface area contributed by atoms with Crippen LogP contribution >= 0.6 is 0 Å². The van der Waals surface area contributed by atoms with E-state index in [1.807, 2.05) is 6.08 Å². The van der Waals surface area contributed by atoms with Crippen LogP contribution in [0.2, 0.25) is 0 Å². The van der Waals surface area contributed by atoms with Crippen LogP contribution in [0.1, 0.15) is 168 Å². The number of aliphatic hydroxyl groups is 3. The predicted octanol–water partition coefficient (Wildman–Crippen LogP) is 9.26. The van der Waals surface area contributed by atoms with E-state index in [-0.39, 0.29) is 6.61 Å². The summed E-state index contributed by atoms with van der Waals surface area (Å²) >= 11 is 0. The standard InChI is InChI=1S/C37H69NO4/c1-3-5-7-9-11-13-15-17-18-20-22-24-26-28-30-32-36(41)37(42)38-34(33-39)35(40)31-29-27-25-23-21-19-16-14-12-10-8-6-4-2/h18,20-21,23,29,31,34-36,39-41H,3-17,19,22,24-28,30,32-33H2,1-2H3,(H,38,42)/b20-18-,23-21+,31-29+. The molecular formula is C37H69NO4. The molecule has 3 unspecified atom stereocenters. The highest BCUT2D eigenvalue weighted by Gasteiger charge is 2.22. The van der Waals surface area contributed by atoms with Crippen LogP contribution in [0, 0.1) is 0 Å². The molecule has 246 valence electrons. The first-order valence-electron chi connectivity index (χ1n) is 17.8. The van der Waals surface area contributed by atoms with Crippen LogP contribution in [-0.4, -0.2) is 46.1 Å². The SMILES string of the molecule is CCCCCCCCC/C=C\CCCCCCC(O)C(=O)NC(CO)C(O)/C=C/CC/C=C/CCCCCCCCC. The Hall–Kier alpha value is -1.43. The Balaban J connectivity index is 3.84. The lowest BCUT2D eigenvalue weighted by atomic mass is 10.1. The first-order valence-corrected chi connectivity index (χ1v) is 17.8. The summed E-state index contributed by atoms with van der Waals surface area (Å²) in [4.78, 5) is 12.4. The van der Waals surface area contributed by atoms with E-state index in [1.54, 1.807) is 6.08 Å². The molecule has 0 aromatic heterocycles. The van der Waals surface area contributed by atoms with Gasteiger partial charge >= 0.3 is 0 Å². The van der Waals surface area contributed by atoms with Crippen LogP contribution < -0.4 is 5.32 Å². The molecule has 0 saturated carbocycles. The van der Waals surface area contributed by atoms with Gasteiger partial charge in [0.1, 0.15) is 6.10 Å². The quantitative estimate of drug-likeness (QED) is 0.0478. The van der Waals surface area contributed by atoms with Crippen molar-refractivity contribution in [2.24, 2.45) is 0 Å². The molecule has 0 fully saturated rings. The van der Waals surface area contributed by atoms with Gasteiger partial charge in [-0.05, 0) is 57.8 Å². The molecule has 0 aliphatic rings. The summed E-state index contributed by atoms with van der Waals surface area (Å²) in [6.07, 6.45) is 38.7. The van der Waals surface area contributed by atoms with Crippen molar-refractivity contribution < 1.29 is 20.1 Å². The molecule has 0 spiro atoms. The zero-order chi connectivity index (χ0) is 30.9. The van der Waals surface area contributed by atoms with E-state index in [0.717, 1.165) is 51.4 Å². The first kappa shape index (κ1) is 40.6. The molecule has 4 N–H and O–H groups in total. The molecule has 0 aliphatic heterocycles. The number of rotatable bonds is 31. The normalized spacial score (nSPS) is 14.3. The van der Waals surface area contributed by atoms with Crippen molar-refractivity contribution in [3.8, 4) is 0 Å². The molecule has 0 aliphatic carbocycles. The topological polar surface area (TPSA) is 89.8 Å². The van der Waals surface area contributed by atoms with Gasteiger partial charge in [-0.2, -0.15) is 0 Å². The molecule has 3 atom stereocenters. The highest BCUT2D eigenvalue weighted by Crippen LogP contribution is 2.12. The fraction of sp³-hybridized carbons (Fsp3) is 0.811. The summed E-state index contributed by atoms with van der Waals surface area (Å²) in [5, 5.41) is 32.8. The van der Waals surface area contributed by atoms with Gasteiger partial charge in [0.15, 0.2) is 0 Å². The fourth-order valence-electron chi connectivity index (χ4n) is 5.07.